The molecule has 1 nitrogen and oxygen atoms in total. The van der Waals surface area contributed by atoms with Gasteiger partial charge in [-0.15, -0.1) is 0 Å². The van der Waals surface area contributed by atoms with Gasteiger partial charge in [-0.2, -0.15) is 0 Å². The lowest BCUT2D eigenvalue weighted by molar-refractivity contribution is 0.622. The number of hydrogen-bond acceptors (Lipinski definition) is 1. The van der Waals surface area contributed by atoms with Crippen LogP contribution < -0.4 is 0 Å². The summed E-state index contributed by atoms with van der Waals surface area (Å²) in [6.45, 7) is 0. The van der Waals surface area contributed by atoms with Crippen LogP contribution in [0.2, 0.25) is 0 Å². The summed E-state index contributed by atoms with van der Waals surface area (Å²) in [6.07, 6.45) is 2.67. The maximum Gasteiger partial charge on any atom is 0.142 e. The Labute approximate surface area is 80.0 Å². The van der Waals surface area contributed by atoms with Crippen LogP contribution in [0.25, 0.3) is 11.1 Å². The summed E-state index contributed by atoms with van der Waals surface area (Å²) in [6, 6.07) is 7.21. The van der Waals surface area contributed by atoms with Crippen LogP contribution in [-0.2, 0) is 0 Å². The zero-order chi connectivity index (χ0) is 9.97. The van der Waals surface area contributed by atoms with Crippen molar-refractivity contribution in [2.75, 3.05) is 0 Å². The fourth-order valence-electron chi connectivity index (χ4n) is 1.21. The van der Waals surface area contributed by atoms with Gasteiger partial charge in [-0.3, -0.25) is 4.98 Å². The third kappa shape index (κ3) is 1.76. The lowest BCUT2D eigenvalue weighted by Gasteiger charge is -2.00. The van der Waals surface area contributed by atoms with Crippen LogP contribution >= 0.6 is 0 Å². The Hall–Kier alpha value is -1.77. The highest BCUT2D eigenvalue weighted by Crippen LogP contribution is 2.18. The first kappa shape index (κ1) is 8.81. The number of rotatable bonds is 1. The average Bonchev–Trinajstić information content (AvgIpc) is 2.19. The van der Waals surface area contributed by atoms with Gasteiger partial charge < -0.3 is 0 Å². The molecule has 0 spiro atoms. The predicted molar refractivity (Wildman–Crippen MR) is 49.6 cm³/mol. The predicted octanol–water partition coefficient (Wildman–Crippen LogP) is 3.03. The molecule has 2 rings (SSSR count). The molecule has 0 bridgehead atoms. The fourth-order valence-corrected chi connectivity index (χ4v) is 1.21. The van der Waals surface area contributed by atoms with Crippen molar-refractivity contribution < 1.29 is 8.78 Å². The molecule has 3 heteroatoms. The molecule has 0 amide bonds. The molecule has 0 aliphatic carbocycles. The smallest absolute Gasteiger partial charge is 0.142 e. The summed E-state index contributed by atoms with van der Waals surface area (Å²) in [4.78, 5) is 3.71. The van der Waals surface area contributed by atoms with Crippen LogP contribution in [-0.4, -0.2) is 4.98 Å². The highest BCUT2D eigenvalue weighted by molar-refractivity contribution is 5.61. The van der Waals surface area contributed by atoms with Crippen molar-refractivity contribution in [2.24, 2.45) is 0 Å². The molecule has 0 saturated heterocycles. The van der Waals surface area contributed by atoms with Gasteiger partial charge in [0.25, 0.3) is 0 Å². The number of hydrogen-bond donors (Lipinski definition) is 0. The molecular formula is C11H7F2N. The summed E-state index contributed by atoms with van der Waals surface area (Å²) in [5.41, 5.74) is 1.39. The minimum Gasteiger partial charge on any atom is -0.261 e. The summed E-state index contributed by atoms with van der Waals surface area (Å²) < 4.78 is 25.4. The molecule has 0 fully saturated rings. The van der Waals surface area contributed by atoms with Gasteiger partial charge in [0.15, 0.2) is 0 Å². The van der Waals surface area contributed by atoms with Crippen molar-refractivity contribution in [3.05, 3.63) is 54.4 Å². The molecule has 1 heterocycles. The van der Waals surface area contributed by atoms with Crippen LogP contribution in [0, 0.1) is 11.6 Å². The van der Waals surface area contributed by atoms with Crippen molar-refractivity contribution in [2.45, 2.75) is 0 Å². The second kappa shape index (κ2) is 3.54. The van der Waals surface area contributed by atoms with E-state index >= 15 is 0 Å². The molecule has 14 heavy (non-hydrogen) atoms. The Morgan fingerprint density at radius 1 is 0.786 bits per heavy atom. The molecule has 1 aromatic carbocycles. The Morgan fingerprint density at radius 3 is 2.14 bits per heavy atom. The van der Waals surface area contributed by atoms with E-state index in [-0.39, 0.29) is 5.82 Å². The number of aromatic nitrogens is 1. The quantitative estimate of drug-likeness (QED) is 0.675. The highest BCUT2D eigenvalue weighted by atomic mass is 19.1. The van der Waals surface area contributed by atoms with Gasteiger partial charge in [-0.05, 0) is 23.8 Å². The first-order valence-electron chi connectivity index (χ1n) is 4.12. The standard InChI is InChI=1S/C11H7F2N/c12-10-3-1-8(2-4-10)9-5-11(13)7-14-6-9/h1-7H. The van der Waals surface area contributed by atoms with E-state index in [2.05, 4.69) is 4.98 Å². The fraction of sp³-hybridized carbons (Fsp3) is 0. The van der Waals surface area contributed by atoms with E-state index in [4.69, 9.17) is 0 Å². The largest absolute Gasteiger partial charge is 0.261 e. The number of benzene rings is 1. The molecule has 70 valence electrons. The first-order valence-corrected chi connectivity index (χ1v) is 4.12. The maximum atomic E-state index is 12.8. The van der Waals surface area contributed by atoms with Gasteiger partial charge in [-0.1, -0.05) is 12.1 Å². The molecule has 0 aliphatic heterocycles. The Bertz CT molecular complexity index is 437. The molecule has 2 aromatic rings. The molecule has 0 atom stereocenters. The van der Waals surface area contributed by atoms with E-state index in [1.165, 1.54) is 24.4 Å². The summed E-state index contributed by atoms with van der Waals surface area (Å²) in [5.74, 6) is -0.704. The molecule has 0 radical (unpaired) electrons. The van der Waals surface area contributed by atoms with Crippen molar-refractivity contribution in [3.63, 3.8) is 0 Å². The van der Waals surface area contributed by atoms with Gasteiger partial charge in [0.05, 0.1) is 6.20 Å². The highest BCUT2D eigenvalue weighted by Gasteiger charge is 1.99. The second-order valence-electron chi connectivity index (χ2n) is 2.90. The van der Waals surface area contributed by atoms with E-state index in [0.29, 0.717) is 5.56 Å². The van der Waals surface area contributed by atoms with Gasteiger partial charge in [0, 0.05) is 11.8 Å². The minimum atomic E-state index is -0.396. The van der Waals surface area contributed by atoms with Gasteiger partial charge >= 0.3 is 0 Å². The maximum absolute atomic E-state index is 12.8. The van der Waals surface area contributed by atoms with E-state index in [9.17, 15) is 8.78 Å². The molecular weight excluding hydrogens is 184 g/mol. The van der Waals surface area contributed by atoms with E-state index in [0.717, 1.165) is 11.8 Å². The summed E-state index contributed by atoms with van der Waals surface area (Å²) in [7, 11) is 0. The van der Waals surface area contributed by atoms with Crippen LogP contribution in [0.5, 0.6) is 0 Å². The monoisotopic (exact) mass is 191 g/mol. The second-order valence-corrected chi connectivity index (χ2v) is 2.90. The summed E-state index contributed by atoms with van der Waals surface area (Å²) in [5, 5.41) is 0. The molecule has 1 aromatic heterocycles. The average molecular weight is 191 g/mol. The van der Waals surface area contributed by atoms with Gasteiger partial charge in [0.2, 0.25) is 0 Å². The molecule has 0 N–H and O–H groups in total. The van der Waals surface area contributed by atoms with Crippen LogP contribution in [0.1, 0.15) is 0 Å². The third-order valence-electron chi connectivity index (χ3n) is 1.88. The van der Waals surface area contributed by atoms with E-state index in [1.807, 2.05) is 0 Å². The van der Waals surface area contributed by atoms with Crippen molar-refractivity contribution in [1.29, 1.82) is 0 Å². The summed E-state index contributed by atoms with van der Waals surface area (Å²) >= 11 is 0. The van der Waals surface area contributed by atoms with Crippen LogP contribution in [0.15, 0.2) is 42.7 Å². The number of nitrogens with zero attached hydrogens (tertiary/aromatic N) is 1. The van der Waals surface area contributed by atoms with Crippen LogP contribution in [0.3, 0.4) is 0 Å². The van der Waals surface area contributed by atoms with E-state index in [1.54, 1.807) is 12.1 Å². The SMILES string of the molecule is Fc1ccc(-c2cncc(F)c2)cc1. The van der Waals surface area contributed by atoms with Crippen molar-refractivity contribution in [3.8, 4) is 11.1 Å². The Morgan fingerprint density at radius 2 is 1.50 bits per heavy atom. The molecule has 0 unspecified atom stereocenters. The first-order chi connectivity index (χ1) is 6.75. The molecule has 0 saturated carbocycles. The lowest BCUT2D eigenvalue weighted by atomic mass is 10.1. The normalized spacial score (nSPS) is 10.1. The number of halogens is 2. The third-order valence-corrected chi connectivity index (χ3v) is 1.88. The van der Waals surface area contributed by atoms with E-state index < -0.39 is 5.82 Å². The van der Waals surface area contributed by atoms with Crippen molar-refractivity contribution >= 4 is 0 Å². The topological polar surface area (TPSA) is 12.9 Å². The zero-order valence-corrected chi connectivity index (χ0v) is 7.24. The van der Waals surface area contributed by atoms with Crippen LogP contribution in [0.4, 0.5) is 8.78 Å². The molecule has 0 aliphatic rings. The lowest BCUT2D eigenvalue weighted by Crippen LogP contribution is -1.83. The Balaban J connectivity index is 2.44. The minimum absolute atomic E-state index is 0.307. The zero-order valence-electron chi connectivity index (χ0n) is 7.24. The van der Waals surface area contributed by atoms with Gasteiger partial charge in [-0.25, -0.2) is 8.78 Å². The number of pyridine rings is 1. The van der Waals surface area contributed by atoms with Gasteiger partial charge in [0.1, 0.15) is 11.6 Å². The Kier molecular flexibility index (Phi) is 2.23. The van der Waals surface area contributed by atoms with Crippen molar-refractivity contribution in [1.82, 2.24) is 4.98 Å².